The van der Waals surface area contributed by atoms with Gasteiger partial charge < -0.3 is 14.5 Å². The largest absolute Gasteiger partial charge is 0.352 e. The van der Waals surface area contributed by atoms with Gasteiger partial charge in [-0.2, -0.15) is 0 Å². The number of pyridine rings is 1. The minimum absolute atomic E-state index is 0.0579. The van der Waals surface area contributed by atoms with Crippen molar-refractivity contribution in [1.82, 2.24) is 14.5 Å². The highest BCUT2D eigenvalue weighted by Gasteiger charge is 2.28. The van der Waals surface area contributed by atoms with Crippen molar-refractivity contribution in [2.75, 3.05) is 0 Å². The quantitative estimate of drug-likeness (QED) is 0.744. The first-order valence-corrected chi connectivity index (χ1v) is 9.13. The monoisotopic (exact) mass is 349 g/mol. The van der Waals surface area contributed by atoms with Crippen molar-refractivity contribution in [3.8, 4) is 0 Å². The van der Waals surface area contributed by atoms with Crippen LogP contribution in [0.3, 0.4) is 0 Å². The van der Waals surface area contributed by atoms with Gasteiger partial charge in [-0.25, -0.2) is 0 Å². The number of rotatable bonds is 6. The van der Waals surface area contributed by atoms with E-state index in [-0.39, 0.29) is 24.1 Å². The number of carbonyl (C=O) groups excluding carboxylic acids is 1. The maximum absolute atomic E-state index is 12.9. The number of aromatic nitrogens is 2. The molecule has 1 aromatic carbocycles. The third kappa shape index (κ3) is 3.43. The van der Waals surface area contributed by atoms with Crippen molar-refractivity contribution in [3.05, 3.63) is 70.8 Å². The van der Waals surface area contributed by atoms with Gasteiger partial charge in [0.2, 0.25) is 5.91 Å². The van der Waals surface area contributed by atoms with Crippen LogP contribution in [0.25, 0.3) is 10.9 Å². The van der Waals surface area contributed by atoms with Gasteiger partial charge in [0.1, 0.15) is 12.1 Å². The molecule has 1 aliphatic carbocycles. The summed E-state index contributed by atoms with van der Waals surface area (Å²) < 4.78 is 3.45. The summed E-state index contributed by atoms with van der Waals surface area (Å²) in [6, 6.07) is 14.1. The van der Waals surface area contributed by atoms with Crippen LogP contribution in [0.15, 0.2) is 59.7 Å². The predicted octanol–water partition coefficient (Wildman–Crippen LogP) is 2.77. The molecule has 1 saturated carbocycles. The molecule has 2 heterocycles. The summed E-state index contributed by atoms with van der Waals surface area (Å²) in [5.74, 6) is 0.494. The molecule has 2 aromatic heterocycles. The highest BCUT2D eigenvalue weighted by molar-refractivity contribution is 5.80. The fourth-order valence-electron chi connectivity index (χ4n) is 3.45. The first-order chi connectivity index (χ1) is 12.6. The lowest BCUT2D eigenvalue weighted by Gasteiger charge is -2.14. The van der Waals surface area contributed by atoms with Gasteiger partial charge in [-0.15, -0.1) is 0 Å². The third-order valence-electron chi connectivity index (χ3n) is 5.12. The number of hydrogen-bond donors (Lipinski definition) is 1. The van der Waals surface area contributed by atoms with E-state index in [0.717, 1.165) is 10.9 Å². The second-order valence-corrected chi connectivity index (χ2v) is 7.18. The summed E-state index contributed by atoms with van der Waals surface area (Å²) in [4.78, 5) is 25.2. The van der Waals surface area contributed by atoms with E-state index >= 15 is 0 Å². The molecule has 5 nitrogen and oxygen atoms in total. The SMILES string of the molecule is C[C@H](NC(=O)Cn1ccc2ccn(Cc3ccccc3)c2c1=O)C1CC1. The lowest BCUT2D eigenvalue weighted by Crippen LogP contribution is -2.38. The molecule has 0 radical (unpaired) electrons. The van der Waals surface area contributed by atoms with Gasteiger partial charge in [-0.05, 0) is 43.4 Å². The molecule has 0 bridgehead atoms. The maximum atomic E-state index is 12.9. The van der Waals surface area contributed by atoms with Crippen LogP contribution in [0.5, 0.6) is 0 Å². The lowest BCUT2D eigenvalue weighted by atomic mass is 10.2. The summed E-state index contributed by atoms with van der Waals surface area (Å²) >= 11 is 0. The molecule has 4 rings (SSSR count). The van der Waals surface area contributed by atoms with Gasteiger partial charge in [0.15, 0.2) is 0 Å². The number of carbonyl (C=O) groups is 1. The molecule has 1 amide bonds. The van der Waals surface area contributed by atoms with Crippen LogP contribution in [-0.4, -0.2) is 21.1 Å². The summed E-state index contributed by atoms with van der Waals surface area (Å²) in [5.41, 5.74) is 1.65. The van der Waals surface area contributed by atoms with Gasteiger partial charge in [0.25, 0.3) is 5.56 Å². The molecule has 5 heteroatoms. The second kappa shape index (κ2) is 6.83. The van der Waals surface area contributed by atoms with Crippen molar-refractivity contribution < 1.29 is 4.79 Å². The van der Waals surface area contributed by atoms with Crippen molar-refractivity contribution >= 4 is 16.8 Å². The third-order valence-corrected chi connectivity index (χ3v) is 5.12. The van der Waals surface area contributed by atoms with E-state index in [1.807, 2.05) is 60.2 Å². The first-order valence-electron chi connectivity index (χ1n) is 9.13. The summed E-state index contributed by atoms with van der Waals surface area (Å²) in [7, 11) is 0. The predicted molar refractivity (Wildman–Crippen MR) is 102 cm³/mol. The van der Waals surface area contributed by atoms with Gasteiger partial charge in [-0.3, -0.25) is 9.59 Å². The van der Waals surface area contributed by atoms with Crippen molar-refractivity contribution in [1.29, 1.82) is 0 Å². The Hall–Kier alpha value is -2.82. The molecule has 1 aliphatic rings. The van der Waals surface area contributed by atoms with Crippen molar-refractivity contribution in [2.45, 2.75) is 38.9 Å². The van der Waals surface area contributed by atoms with E-state index in [1.54, 1.807) is 6.20 Å². The minimum Gasteiger partial charge on any atom is -0.352 e. The smallest absolute Gasteiger partial charge is 0.275 e. The van der Waals surface area contributed by atoms with E-state index in [4.69, 9.17) is 0 Å². The molecule has 1 N–H and O–H groups in total. The van der Waals surface area contributed by atoms with Crippen LogP contribution in [0.1, 0.15) is 25.3 Å². The summed E-state index contributed by atoms with van der Waals surface area (Å²) in [5, 5.41) is 3.91. The zero-order chi connectivity index (χ0) is 18.1. The Labute approximate surface area is 152 Å². The number of fused-ring (bicyclic) bond motifs is 1. The molecule has 26 heavy (non-hydrogen) atoms. The summed E-state index contributed by atoms with van der Waals surface area (Å²) in [6.07, 6.45) is 6.00. The number of hydrogen-bond acceptors (Lipinski definition) is 2. The van der Waals surface area contributed by atoms with Gasteiger partial charge in [-0.1, -0.05) is 30.3 Å². The van der Waals surface area contributed by atoms with E-state index in [1.165, 1.54) is 17.4 Å². The Kier molecular flexibility index (Phi) is 4.37. The van der Waals surface area contributed by atoms with E-state index in [2.05, 4.69) is 5.32 Å². The molecule has 0 spiro atoms. The molecule has 1 fully saturated rings. The average molecular weight is 349 g/mol. The Balaban J connectivity index is 1.58. The topological polar surface area (TPSA) is 56.0 Å². The van der Waals surface area contributed by atoms with Crippen molar-refractivity contribution in [2.24, 2.45) is 5.92 Å². The zero-order valence-electron chi connectivity index (χ0n) is 14.9. The Bertz CT molecular complexity index is 983. The minimum atomic E-state index is -0.127. The second-order valence-electron chi connectivity index (χ2n) is 7.18. The molecular weight excluding hydrogens is 326 g/mol. The van der Waals surface area contributed by atoms with Crippen LogP contribution >= 0.6 is 0 Å². The highest BCUT2D eigenvalue weighted by atomic mass is 16.2. The van der Waals surface area contributed by atoms with Crippen LogP contribution < -0.4 is 10.9 Å². The van der Waals surface area contributed by atoms with E-state index in [9.17, 15) is 9.59 Å². The normalized spacial score (nSPS) is 15.1. The summed E-state index contributed by atoms with van der Waals surface area (Å²) in [6.45, 7) is 2.73. The average Bonchev–Trinajstić information content (AvgIpc) is 3.41. The first kappa shape index (κ1) is 16.6. The van der Waals surface area contributed by atoms with Crippen LogP contribution in [0.2, 0.25) is 0 Å². The van der Waals surface area contributed by atoms with Gasteiger partial charge in [0.05, 0.1) is 0 Å². The zero-order valence-corrected chi connectivity index (χ0v) is 14.9. The number of benzene rings is 1. The number of nitrogens with one attached hydrogen (secondary N) is 1. The highest BCUT2D eigenvalue weighted by Crippen LogP contribution is 2.32. The van der Waals surface area contributed by atoms with E-state index in [0.29, 0.717) is 18.0 Å². The standard InChI is InChI=1S/C21H23N3O2/c1-15(17-7-8-17)22-19(25)14-24-12-10-18-9-11-23(20(18)21(24)26)13-16-5-3-2-4-6-16/h2-6,9-12,15,17H,7-8,13-14H2,1H3,(H,22,25)/t15-/m0/s1. The molecule has 3 aromatic rings. The van der Waals surface area contributed by atoms with Gasteiger partial charge in [0, 0.05) is 30.4 Å². The van der Waals surface area contributed by atoms with Crippen LogP contribution in [0.4, 0.5) is 0 Å². The fraction of sp³-hybridized carbons (Fsp3) is 0.333. The van der Waals surface area contributed by atoms with Crippen LogP contribution in [-0.2, 0) is 17.9 Å². The van der Waals surface area contributed by atoms with Gasteiger partial charge >= 0.3 is 0 Å². The number of nitrogens with zero attached hydrogens (tertiary/aromatic N) is 2. The Morgan fingerprint density at radius 1 is 1.12 bits per heavy atom. The molecule has 0 unspecified atom stereocenters. The Morgan fingerprint density at radius 3 is 2.50 bits per heavy atom. The molecule has 0 aliphatic heterocycles. The fourth-order valence-corrected chi connectivity index (χ4v) is 3.45. The molecule has 134 valence electrons. The van der Waals surface area contributed by atoms with Crippen LogP contribution in [0, 0.1) is 5.92 Å². The molecule has 1 atom stereocenters. The maximum Gasteiger partial charge on any atom is 0.275 e. The molecule has 0 saturated heterocycles. The van der Waals surface area contributed by atoms with Crippen molar-refractivity contribution in [3.63, 3.8) is 0 Å². The lowest BCUT2D eigenvalue weighted by molar-refractivity contribution is -0.122. The van der Waals surface area contributed by atoms with E-state index < -0.39 is 0 Å². The Morgan fingerprint density at radius 2 is 1.81 bits per heavy atom. The number of amides is 1. The molecular formula is C21H23N3O2.